The molecule has 1 atom stereocenters. The molecule has 1 aromatic heterocycles. The van der Waals surface area contributed by atoms with Crippen molar-refractivity contribution in [1.29, 1.82) is 0 Å². The number of amides is 1. The minimum absolute atomic E-state index is 0.0262. The number of nitrogens with zero attached hydrogens (tertiary/aromatic N) is 3. The lowest BCUT2D eigenvalue weighted by Gasteiger charge is -2.23. The summed E-state index contributed by atoms with van der Waals surface area (Å²) in [5.41, 5.74) is 4.96. The third-order valence-corrected chi connectivity index (χ3v) is 9.67. The Morgan fingerprint density at radius 2 is 1.76 bits per heavy atom. The first-order chi connectivity index (χ1) is 19.5. The van der Waals surface area contributed by atoms with Crippen molar-refractivity contribution in [2.24, 2.45) is 0 Å². The first kappa shape index (κ1) is 29.3. The SMILES string of the molecule is Cc1ccc(C)c(C(O)=C2C(=O)C(=O)N(c3nnc(SCc4ccc(Cl)cc4Cl)s3)C2c2ccc(C(C)C)cc2)c1. The highest BCUT2D eigenvalue weighted by atomic mass is 35.5. The number of rotatable bonds is 7. The monoisotopic (exact) mass is 623 g/mol. The van der Waals surface area contributed by atoms with E-state index < -0.39 is 17.7 Å². The van der Waals surface area contributed by atoms with Gasteiger partial charge in [-0.1, -0.05) is 108 Å². The topological polar surface area (TPSA) is 83.4 Å². The third-order valence-electron chi connectivity index (χ3n) is 6.98. The molecule has 41 heavy (non-hydrogen) atoms. The van der Waals surface area contributed by atoms with Crippen molar-refractivity contribution in [1.82, 2.24) is 10.2 Å². The van der Waals surface area contributed by atoms with Crippen molar-refractivity contribution in [3.8, 4) is 0 Å². The molecule has 0 spiro atoms. The summed E-state index contributed by atoms with van der Waals surface area (Å²) in [5, 5.41) is 21.5. The quantitative estimate of drug-likeness (QED) is 0.0730. The van der Waals surface area contributed by atoms with E-state index in [-0.39, 0.29) is 16.5 Å². The van der Waals surface area contributed by atoms with Crippen LogP contribution in [0.5, 0.6) is 0 Å². The first-order valence-corrected chi connectivity index (χ1v) is 15.5. The zero-order chi connectivity index (χ0) is 29.4. The average molecular weight is 625 g/mol. The van der Waals surface area contributed by atoms with Gasteiger partial charge >= 0.3 is 5.91 Å². The number of hydrogen-bond acceptors (Lipinski definition) is 7. The lowest BCUT2D eigenvalue weighted by atomic mass is 9.92. The molecule has 6 nitrogen and oxygen atoms in total. The Kier molecular flexibility index (Phi) is 8.57. The molecule has 1 aliphatic heterocycles. The number of thioether (sulfide) groups is 1. The van der Waals surface area contributed by atoms with Crippen LogP contribution in [0.4, 0.5) is 5.13 Å². The van der Waals surface area contributed by atoms with E-state index in [1.807, 2.05) is 62.4 Å². The Balaban J connectivity index is 1.56. The molecule has 5 rings (SSSR count). The number of benzene rings is 3. The summed E-state index contributed by atoms with van der Waals surface area (Å²) >= 11 is 15.0. The number of carbonyl (C=O) groups excluding carboxylic acids is 2. The Labute approximate surface area is 257 Å². The predicted molar refractivity (Wildman–Crippen MR) is 167 cm³/mol. The van der Waals surface area contributed by atoms with Crippen molar-refractivity contribution < 1.29 is 14.7 Å². The molecule has 4 aromatic rings. The molecule has 210 valence electrons. The summed E-state index contributed by atoms with van der Waals surface area (Å²) < 4.78 is 0.608. The molecule has 0 bridgehead atoms. The predicted octanol–water partition coefficient (Wildman–Crippen LogP) is 8.50. The molecule has 1 N–H and O–H groups in total. The largest absolute Gasteiger partial charge is 0.507 e. The van der Waals surface area contributed by atoms with E-state index in [1.54, 1.807) is 12.1 Å². The summed E-state index contributed by atoms with van der Waals surface area (Å²) in [5.74, 6) is -0.901. The van der Waals surface area contributed by atoms with Gasteiger partial charge < -0.3 is 5.11 Å². The van der Waals surface area contributed by atoms with E-state index in [2.05, 4.69) is 24.0 Å². The second-order valence-electron chi connectivity index (χ2n) is 10.2. The fourth-order valence-corrected chi connectivity index (χ4v) is 7.11. The summed E-state index contributed by atoms with van der Waals surface area (Å²) in [7, 11) is 0. The molecule has 1 saturated heterocycles. The number of aromatic nitrogens is 2. The van der Waals surface area contributed by atoms with Crippen LogP contribution >= 0.6 is 46.3 Å². The minimum Gasteiger partial charge on any atom is -0.507 e. The second-order valence-corrected chi connectivity index (χ2v) is 13.2. The van der Waals surface area contributed by atoms with Crippen molar-refractivity contribution >= 4 is 68.9 Å². The Hall–Kier alpha value is -3.17. The summed E-state index contributed by atoms with van der Waals surface area (Å²) in [6.07, 6.45) is 0. The van der Waals surface area contributed by atoms with Crippen molar-refractivity contribution in [3.05, 3.63) is 110 Å². The van der Waals surface area contributed by atoms with Gasteiger partial charge in [-0.2, -0.15) is 0 Å². The normalized spacial score (nSPS) is 16.7. The molecular formula is C31H27Cl2N3O3S2. The molecule has 0 radical (unpaired) electrons. The van der Waals surface area contributed by atoms with Crippen molar-refractivity contribution in [3.63, 3.8) is 0 Å². The molecule has 1 amide bonds. The van der Waals surface area contributed by atoms with Gasteiger partial charge in [-0.15, -0.1) is 10.2 Å². The van der Waals surface area contributed by atoms with E-state index >= 15 is 0 Å². The van der Waals surface area contributed by atoms with Gasteiger partial charge in [-0.05, 0) is 60.2 Å². The number of halogens is 2. The molecule has 0 saturated carbocycles. The number of carbonyl (C=O) groups is 2. The number of ketones is 1. The molecule has 1 aliphatic rings. The third kappa shape index (κ3) is 5.93. The van der Waals surface area contributed by atoms with E-state index in [0.717, 1.165) is 22.3 Å². The van der Waals surface area contributed by atoms with E-state index in [9.17, 15) is 14.7 Å². The number of Topliss-reactive ketones (excluding diaryl/α,β-unsaturated/α-hetero) is 1. The Morgan fingerprint density at radius 1 is 1.02 bits per heavy atom. The smallest absolute Gasteiger partial charge is 0.301 e. The van der Waals surface area contributed by atoms with Gasteiger partial charge in [-0.25, -0.2) is 0 Å². The van der Waals surface area contributed by atoms with Crippen LogP contribution in [0.2, 0.25) is 10.0 Å². The summed E-state index contributed by atoms with van der Waals surface area (Å²) in [6, 6.07) is 17.8. The molecule has 0 aliphatic carbocycles. The van der Waals surface area contributed by atoms with Crippen LogP contribution in [0.1, 0.15) is 59.2 Å². The lowest BCUT2D eigenvalue weighted by Crippen LogP contribution is -2.29. The summed E-state index contributed by atoms with van der Waals surface area (Å²) in [4.78, 5) is 28.5. The molecule has 2 heterocycles. The molecule has 1 unspecified atom stereocenters. The minimum atomic E-state index is -0.868. The van der Waals surface area contributed by atoms with Gasteiger partial charge in [0.15, 0.2) is 4.34 Å². The van der Waals surface area contributed by atoms with Gasteiger partial charge in [0.2, 0.25) is 5.13 Å². The van der Waals surface area contributed by atoms with Crippen LogP contribution in [-0.2, 0) is 15.3 Å². The van der Waals surface area contributed by atoms with Crippen LogP contribution in [0.25, 0.3) is 5.76 Å². The molecule has 10 heteroatoms. The van der Waals surface area contributed by atoms with Crippen LogP contribution in [0.3, 0.4) is 0 Å². The number of aliphatic hydroxyl groups is 1. The number of hydrogen-bond donors (Lipinski definition) is 1. The van der Waals surface area contributed by atoms with Gasteiger partial charge in [0.25, 0.3) is 5.78 Å². The average Bonchev–Trinajstić information content (AvgIpc) is 3.51. The van der Waals surface area contributed by atoms with Crippen LogP contribution < -0.4 is 4.90 Å². The molecule has 1 fully saturated rings. The highest BCUT2D eigenvalue weighted by Crippen LogP contribution is 2.44. The highest BCUT2D eigenvalue weighted by molar-refractivity contribution is 8.00. The van der Waals surface area contributed by atoms with E-state index in [1.165, 1.54) is 28.0 Å². The van der Waals surface area contributed by atoms with Gasteiger partial charge in [0, 0.05) is 21.4 Å². The zero-order valence-electron chi connectivity index (χ0n) is 22.8. The van der Waals surface area contributed by atoms with Gasteiger partial charge in [-0.3, -0.25) is 14.5 Å². The zero-order valence-corrected chi connectivity index (χ0v) is 26.0. The maximum absolute atomic E-state index is 13.6. The maximum Gasteiger partial charge on any atom is 0.301 e. The van der Waals surface area contributed by atoms with Crippen molar-refractivity contribution in [2.75, 3.05) is 4.90 Å². The number of aliphatic hydroxyl groups excluding tert-OH is 1. The Morgan fingerprint density at radius 3 is 2.44 bits per heavy atom. The van der Waals surface area contributed by atoms with Crippen LogP contribution in [0, 0.1) is 13.8 Å². The second kappa shape index (κ2) is 12.0. The highest BCUT2D eigenvalue weighted by Gasteiger charge is 2.48. The Bertz CT molecular complexity index is 1680. The van der Waals surface area contributed by atoms with Gasteiger partial charge in [0.05, 0.1) is 11.6 Å². The standard InChI is InChI=1S/C31H27Cl2N3O3S2/c1-16(2)19-7-9-20(10-8-19)26-25(27(37)23-13-17(3)5-6-18(23)4)28(38)29(39)36(26)30-34-35-31(41-30)40-15-21-11-12-22(32)14-24(21)33/h5-14,16,26,37H,15H2,1-4H3. The van der Waals surface area contributed by atoms with Gasteiger partial charge in [0.1, 0.15) is 5.76 Å². The first-order valence-electron chi connectivity index (χ1n) is 12.9. The fourth-order valence-electron chi connectivity index (χ4n) is 4.68. The maximum atomic E-state index is 13.6. The summed E-state index contributed by atoms with van der Waals surface area (Å²) in [6.45, 7) is 7.96. The van der Waals surface area contributed by atoms with E-state index in [0.29, 0.717) is 37.2 Å². The van der Waals surface area contributed by atoms with Crippen molar-refractivity contribution in [2.45, 2.75) is 49.7 Å². The number of aryl methyl sites for hydroxylation is 2. The molecular weight excluding hydrogens is 597 g/mol. The van der Waals surface area contributed by atoms with Crippen LogP contribution in [0.15, 0.2) is 70.6 Å². The number of anilines is 1. The fraction of sp³-hybridized carbons (Fsp3) is 0.226. The van der Waals surface area contributed by atoms with Crippen LogP contribution in [-0.4, -0.2) is 27.0 Å². The lowest BCUT2D eigenvalue weighted by molar-refractivity contribution is -0.132. The molecule has 3 aromatic carbocycles. The van der Waals surface area contributed by atoms with E-state index in [4.69, 9.17) is 23.2 Å².